The molecule has 2 nitrogen and oxygen atoms in total. The van der Waals surface area contributed by atoms with Crippen LogP contribution in [0.5, 0.6) is 0 Å². The Hall–Kier alpha value is -0.766. The molecule has 0 aromatic carbocycles. The molecule has 0 N–H and O–H groups in total. The molecule has 0 saturated carbocycles. The summed E-state index contributed by atoms with van der Waals surface area (Å²) in [6.45, 7) is 22.8. The summed E-state index contributed by atoms with van der Waals surface area (Å²) >= 11 is 0. The summed E-state index contributed by atoms with van der Waals surface area (Å²) < 4.78 is 7.94. The highest BCUT2D eigenvalue weighted by Gasteiger charge is 2.41. The van der Waals surface area contributed by atoms with Gasteiger partial charge in [0.15, 0.2) is 0 Å². The van der Waals surface area contributed by atoms with Gasteiger partial charge in [0.1, 0.15) is 14.8 Å². The van der Waals surface area contributed by atoms with Crippen LogP contribution in [0.3, 0.4) is 0 Å². The fourth-order valence-electron chi connectivity index (χ4n) is 3.76. The lowest BCUT2D eigenvalue weighted by Gasteiger charge is -2.38. The third kappa shape index (κ3) is 6.47. The van der Waals surface area contributed by atoms with Gasteiger partial charge in [-0.3, -0.25) is 0 Å². The molecule has 1 heterocycles. The summed E-state index contributed by atoms with van der Waals surface area (Å²) in [6, 6.07) is 3.33. The van der Waals surface area contributed by atoms with Crippen LogP contribution in [0.1, 0.15) is 47.1 Å². The number of nitrogens with zero attached hydrogens (tertiary/aromatic N) is 1. The van der Waals surface area contributed by atoms with Gasteiger partial charge in [-0.05, 0) is 28.7 Å². The van der Waals surface area contributed by atoms with Crippen molar-refractivity contribution in [1.29, 1.82) is 0 Å². The van der Waals surface area contributed by atoms with Gasteiger partial charge in [0.25, 0.3) is 0 Å². The highest BCUT2D eigenvalue weighted by atomic mass is 28.3. The monoisotopic (exact) mass is 377 g/mol. The van der Waals surface area contributed by atoms with E-state index in [1.807, 2.05) is 0 Å². The van der Waals surface area contributed by atoms with Crippen LogP contribution in [-0.4, -0.2) is 27.3 Å². The van der Waals surface area contributed by atoms with E-state index in [1.165, 1.54) is 6.04 Å². The first-order valence-electron chi connectivity index (χ1n) is 9.75. The van der Waals surface area contributed by atoms with E-state index in [0.29, 0.717) is 23.4 Å². The average Bonchev–Trinajstić information content (AvgIpc) is 2.90. The maximum Gasteiger partial charge on any atom is 0.146 e. The van der Waals surface area contributed by atoms with E-state index in [9.17, 15) is 0 Å². The Morgan fingerprint density at radius 1 is 1.00 bits per heavy atom. The van der Waals surface area contributed by atoms with Crippen LogP contribution in [0.2, 0.25) is 42.3 Å². The SMILES string of the molecule is CC(C)[Si](C#Cc1ccn(COCC[Si](C)(C)C)c1)(C(C)C)C(C)C. The molecule has 1 rings (SSSR count). The summed E-state index contributed by atoms with van der Waals surface area (Å²) in [4.78, 5) is 0. The van der Waals surface area contributed by atoms with Gasteiger partial charge in [-0.1, -0.05) is 67.1 Å². The second kappa shape index (κ2) is 9.25. The Balaban J connectivity index is 2.79. The highest BCUT2D eigenvalue weighted by molar-refractivity contribution is 6.90. The third-order valence-electron chi connectivity index (χ3n) is 5.28. The van der Waals surface area contributed by atoms with Crippen molar-refractivity contribution in [2.75, 3.05) is 6.61 Å². The van der Waals surface area contributed by atoms with E-state index in [1.54, 1.807) is 0 Å². The molecule has 4 heteroatoms. The zero-order valence-electron chi connectivity index (χ0n) is 17.9. The largest absolute Gasteiger partial charge is 0.361 e. The van der Waals surface area contributed by atoms with Gasteiger partial charge in [0.2, 0.25) is 0 Å². The van der Waals surface area contributed by atoms with Gasteiger partial charge in [-0.2, -0.15) is 0 Å². The smallest absolute Gasteiger partial charge is 0.146 e. The minimum Gasteiger partial charge on any atom is -0.361 e. The fourth-order valence-corrected chi connectivity index (χ4v) is 9.74. The molecule has 0 amide bonds. The first-order chi connectivity index (χ1) is 11.5. The summed E-state index contributed by atoms with van der Waals surface area (Å²) in [5.74, 6) is 3.51. The van der Waals surface area contributed by atoms with E-state index in [0.717, 1.165) is 12.2 Å². The molecule has 142 valence electrons. The highest BCUT2D eigenvalue weighted by Crippen LogP contribution is 2.40. The standard InChI is InChI=1S/C21H39NOSi2/c1-18(2)25(19(3)4,20(5)6)14-11-21-10-12-22(16-21)17-23-13-15-24(7,8)9/h10,12,16,18-20H,13,15,17H2,1-9H3. The van der Waals surface area contributed by atoms with Crippen molar-refractivity contribution in [2.45, 2.75) is 90.6 Å². The van der Waals surface area contributed by atoms with Gasteiger partial charge >= 0.3 is 0 Å². The van der Waals surface area contributed by atoms with E-state index in [2.05, 4.69) is 95.7 Å². The average molecular weight is 378 g/mol. The normalized spacial score (nSPS) is 12.8. The molecule has 0 spiro atoms. The van der Waals surface area contributed by atoms with E-state index in [-0.39, 0.29) is 0 Å². The maximum absolute atomic E-state index is 5.83. The molecule has 0 bridgehead atoms. The fraction of sp³-hybridized carbons (Fsp3) is 0.714. The van der Waals surface area contributed by atoms with Crippen molar-refractivity contribution in [1.82, 2.24) is 4.57 Å². The molecule has 0 aliphatic rings. The van der Waals surface area contributed by atoms with Crippen LogP contribution >= 0.6 is 0 Å². The molecule has 0 fully saturated rings. The molecule has 1 aromatic heterocycles. The number of rotatable bonds is 8. The Kier molecular flexibility index (Phi) is 8.24. The van der Waals surface area contributed by atoms with E-state index < -0.39 is 16.1 Å². The van der Waals surface area contributed by atoms with Crippen molar-refractivity contribution in [3.05, 3.63) is 24.0 Å². The van der Waals surface area contributed by atoms with Crippen molar-refractivity contribution in [3.8, 4) is 11.5 Å². The predicted octanol–water partition coefficient (Wildman–Crippen LogP) is 6.37. The second-order valence-electron chi connectivity index (χ2n) is 9.41. The second-order valence-corrected chi connectivity index (χ2v) is 20.6. The lowest BCUT2D eigenvalue weighted by atomic mass is 10.4. The molecular formula is C21H39NOSi2. The summed E-state index contributed by atoms with van der Waals surface area (Å²) in [7, 11) is -2.66. The molecule has 0 saturated heterocycles. The van der Waals surface area contributed by atoms with Gasteiger partial charge in [-0.25, -0.2) is 0 Å². The van der Waals surface area contributed by atoms with Gasteiger partial charge < -0.3 is 9.30 Å². The Labute approximate surface area is 158 Å². The molecule has 25 heavy (non-hydrogen) atoms. The number of hydrogen-bond donors (Lipinski definition) is 0. The summed E-state index contributed by atoms with van der Waals surface area (Å²) in [5.41, 5.74) is 6.93. The van der Waals surface area contributed by atoms with Crippen LogP contribution in [0.4, 0.5) is 0 Å². The quantitative estimate of drug-likeness (QED) is 0.292. The number of ether oxygens (including phenoxy) is 1. The lowest BCUT2D eigenvalue weighted by molar-refractivity contribution is 0.0874. The Morgan fingerprint density at radius 2 is 1.56 bits per heavy atom. The van der Waals surface area contributed by atoms with Gasteiger partial charge in [0.05, 0.1) is 0 Å². The van der Waals surface area contributed by atoms with E-state index in [4.69, 9.17) is 4.74 Å². The zero-order valence-corrected chi connectivity index (χ0v) is 19.9. The van der Waals surface area contributed by atoms with Crippen molar-refractivity contribution < 1.29 is 4.74 Å². The molecule has 0 aliphatic carbocycles. The van der Waals surface area contributed by atoms with Gasteiger partial charge in [-0.15, -0.1) is 5.54 Å². The molecule has 0 atom stereocenters. The van der Waals surface area contributed by atoms with Crippen LogP contribution in [-0.2, 0) is 11.5 Å². The molecule has 0 unspecified atom stereocenters. The maximum atomic E-state index is 5.83. The third-order valence-corrected chi connectivity index (χ3v) is 13.3. The number of hydrogen-bond acceptors (Lipinski definition) is 1. The Morgan fingerprint density at radius 3 is 2.04 bits per heavy atom. The van der Waals surface area contributed by atoms with Crippen LogP contribution in [0.25, 0.3) is 0 Å². The minimum absolute atomic E-state index is 0.632. The van der Waals surface area contributed by atoms with Crippen LogP contribution in [0, 0.1) is 11.5 Å². The summed E-state index contributed by atoms with van der Waals surface area (Å²) in [6.07, 6.45) is 4.21. The minimum atomic E-state index is -1.65. The van der Waals surface area contributed by atoms with Crippen molar-refractivity contribution >= 4 is 16.1 Å². The van der Waals surface area contributed by atoms with Crippen molar-refractivity contribution in [2.24, 2.45) is 0 Å². The van der Waals surface area contributed by atoms with E-state index >= 15 is 0 Å². The molecular weight excluding hydrogens is 338 g/mol. The molecule has 0 aliphatic heterocycles. The van der Waals surface area contributed by atoms with Crippen molar-refractivity contribution in [3.63, 3.8) is 0 Å². The molecule has 1 aromatic rings. The first-order valence-corrected chi connectivity index (χ1v) is 15.7. The van der Waals surface area contributed by atoms with Crippen LogP contribution < -0.4 is 0 Å². The number of aromatic nitrogens is 1. The lowest BCUT2D eigenvalue weighted by Crippen LogP contribution is -2.43. The molecule has 0 radical (unpaired) electrons. The Bertz CT molecular complexity index is 563. The van der Waals surface area contributed by atoms with Gasteiger partial charge in [0, 0.05) is 32.6 Å². The zero-order chi connectivity index (χ0) is 19.3. The first kappa shape index (κ1) is 22.3. The topological polar surface area (TPSA) is 14.2 Å². The summed E-state index contributed by atoms with van der Waals surface area (Å²) in [5, 5.41) is 0. The van der Waals surface area contributed by atoms with Crippen LogP contribution in [0.15, 0.2) is 18.5 Å². The predicted molar refractivity (Wildman–Crippen MR) is 116 cm³/mol.